The second kappa shape index (κ2) is 6.84. The molecule has 1 aromatic carbocycles. The van der Waals surface area contributed by atoms with E-state index in [1.165, 1.54) is 6.42 Å². The Labute approximate surface area is 108 Å². The average molecular weight is 255 g/mol. The van der Waals surface area contributed by atoms with Crippen LogP contribution in [0.1, 0.15) is 6.42 Å². The Morgan fingerprint density at radius 3 is 3.00 bits per heavy atom. The Hall–Kier alpha value is -0.770. The van der Waals surface area contributed by atoms with Crippen molar-refractivity contribution in [2.75, 3.05) is 39.3 Å². The van der Waals surface area contributed by atoms with Gasteiger partial charge >= 0.3 is 0 Å². The van der Waals surface area contributed by atoms with Gasteiger partial charge in [-0.1, -0.05) is 23.7 Å². The summed E-state index contributed by atoms with van der Waals surface area (Å²) in [7, 11) is 0. The van der Waals surface area contributed by atoms with Crippen LogP contribution >= 0.6 is 11.6 Å². The van der Waals surface area contributed by atoms with Gasteiger partial charge in [-0.3, -0.25) is 4.90 Å². The highest BCUT2D eigenvalue weighted by molar-refractivity contribution is 6.32. The maximum absolute atomic E-state index is 6.02. The second-order valence-electron chi connectivity index (χ2n) is 4.22. The van der Waals surface area contributed by atoms with Crippen molar-refractivity contribution in [1.82, 2.24) is 10.2 Å². The van der Waals surface area contributed by atoms with Crippen molar-refractivity contribution in [1.29, 1.82) is 0 Å². The SMILES string of the molecule is Clc1ccccc1OCCN1CCCNCC1. The van der Waals surface area contributed by atoms with Crippen LogP contribution < -0.4 is 10.1 Å². The number of nitrogens with zero attached hydrogens (tertiary/aromatic N) is 1. The van der Waals surface area contributed by atoms with Crippen molar-refractivity contribution in [3.63, 3.8) is 0 Å². The van der Waals surface area contributed by atoms with Gasteiger partial charge in [-0.2, -0.15) is 0 Å². The Balaban J connectivity index is 1.73. The van der Waals surface area contributed by atoms with Crippen LogP contribution in [-0.2, 0) is 0 Å². The molecule has 2 rings (SSSR count). The average Bonchev–Trinajstić information content (AvgIpc) is 2.60. The van der Waals surface area contributed by atoms with Gasteiger partial charge in [-0.25, -0.2) is 0 Å². The molecule has 0 aromatic heterocycles. The Morgan fingerprint density at radius 2 is 2.12 bits per heavy atom. The molecule has 1 saturated heterocycles. The van der Waals surface area contributed by atoms with Crippen LogP contribution in [0.5, 0.6) is 5.75 Å². The number of halogens is 1. The minimum Gasteiger partial charge on any atom is -0.491 e. The van der Waals surface area contributed by atoms with Gasteiger partial charge < -0.3 is 10.1 Å². The van der Waals surface area contributed by atoms with E-state index in [0.29, 0.717) is 11.6 Å². The first kappa shape index (κ1) is 12.7. The third kappa shape index (κ3) is 4.19. The molecule has 0 saturated carbocycles. The zero-order chi connectivity index (χ0) is 11.9. The molecule has 0 aliphatic carbocycles. The number of hydrogen-bond acceptors (Lipinski definition) is 3. The van der Waals surface area contributed by atoms with Gasteiger partial charge in [0, 0.05) is 19.6 Å². The Bertz CT molecular complexity index is 338. The number of hydrogen-bond donors (Lipinski definition) is 1. The molecule has 1 aliphatic heterocycles. The molecule has 0 amide bonds. The zero-order valence-corrected chi connectivity index (χ0v) is 10.7. The Morgan fingerprint density at radius 1 is 1.24 bits per heavy atom. The highest BCUT2D eigenvalue weighted by Crippen LogP contribution is 2.22. The number of rotatable bonds is 4. The van der Waals surface area contributed by atoms with E-state index in [0.717, 1.165) is 38.5 Å². The fourth-order valence-electron chi connectivity index (χ4n) is 1.97. The molecule has 0 radical (unpaired) electrons. The quantitative estimate of drug-likeness (QED) is 0.890. The molecule has 1 heterocycles. The molecule has 0 atom stereocenters. The van der Waals surface area contributed by atoms with Crippen molar-refractivity contribution in [2.45, 2.75) is 6.42 Å². The normalized spacial score (nSPS) is 17.7. The number of para-hydroxylation sites is 1. The van der Waals surface area contributed by atoms with E-state index in [9.17, 15) is 0 Å². The lowest BCUT2D eigenvalue weighted by Crippen LogP contribution is -2.31. The number of benzene rings is 1. The summed E-state index contributed by atoms with van der Waals surface area (Å²) in [6.07, 6.45) is 1.21. The minimum absolute atomic E-state index is 0.685. The van der Waals surface area contributed by atoms with E-state index in [1.54, 1.807) is 0 Å². The van der Waals surface area contributed by atoms with E-state index in [1.807, 2.05) is 24.3 Å². The second-order valence-corrected chi connectivity index (χ2v) is 4.63. The molecule has 1 aromatic rings. The van der Waals surface area contributed by atoms with Gasteiger partial charge in [0.1, 0.15) is 12.4 Å². The summed E-state index contributed by atoms with van der Waals surface area (Å²) in [5.41, 5.74) is 0. The first-order chi connectivity index (χ1) is 8.36. The smallest absolute Gasteiger partial charge is 0.137 e. The lowest BCUT2D eigenvalue weighted by molar-refractivity contribution is 0.218. The summed E-state index contributed by atoms with van der Waals surface area (Å²) in [5, 5.41) is 4.08. The molecule has 1 fully saturated rings. The fourth-order valence-corrected chi connectivity index (χ4v) is 2.16. The largest absolute Gasteiger partial charge is 0.491 e. The molecule has 17 heavy (non-hydrogen) atoms. The summed E-state index contributed by atoms with van der Waals surface area (Å²) in [6, 6.07) is 7.62. The number of nitrogens with one attached hydrogen (secondary N) is 1. The molecule has 0 spiro atoms. The van der Waals surface area contributed by atoms with Crippen LogP contribution in [0.25, 0.3) is 0 Å². The maximum Gasteiger partial charge on any atom is 0.137 e. The molecule has 1 N–H and O–H groups in total. The van der Waals surface area contributed by atoms with E-state index in [4.69, 9.17) is 16.3 Å². The molecule has 0 unspecified atom stereocenters. The first-order valence-corrected chi connectivity index (χ1v) is 6.54. The highest BCUT2D eigenvalue weighted by atomic mass is 35.5. The summed E-state index contributed by atoms with van der Waals surface area (Å²) in [6.45, 7) is 6.12. The van der Waals surface area contributed by atoms with Gasteiger partial charge in [0.25, 0.3) is 0 Å². The third-order valence-corrected chi connectivity index (χ3v) is 3.25. The van der Waals surface area contributed by atoms with Crippen molar-refractivity contribution < 1.29 is 4.74 Å². The van der Waals surface area contributed by atoms with Crippen molar-refractivity contribution in [3.05, 3.63) is 29.3 Å². The standard InChI is InChI=1S/C13H19ClN2O/c14-12-4-1-2-5-13(12)17-11-10-16-8-3-6-15-7-9-16/h1-2,4-5,15H,3,6-11H2. The summed E-state index contributed by atoms with van der Waals surface area (Å²) in [4.78, 5) is 2.43. The van der Waals surface area contributed by atoms with Crippen molar-refractivity contribution in [3.8, 4) is 5.75 Å². The van der Waals surface area contributed by atoms with Crippen LogP contribution in [0, 0.1) is 0 Å². The third-order valence-electron chi connectivity index (χ3n) is 2.93. The molecule has 0 bridgehead atoms. The minimum atomic E-state index is 0.685. The van der Waals surface area contributed by atoms with Gasteiger partial charge in [0.05, 0.1) is 5.02 Å². The molecule has 94 valence electrons. The summed E-state index contributed by atoms with van der Waals surface area (Å²) >= 11 is 6.02. The fraction of sp³-hybridized carbons (Fsp3) is 0.538. The van der Waals surface area contributed by atoms with Gasteiger partial charge in [-0.15, -0.1) is 0 Å². The summed E-state index contributed by atoms with van der Waals surface area (Å²) < 4.78 is 5.69. The monoisotopic (exact) mass is 254 g/mol. The maximum atomic E-state index is 6.02. The van der Waals surface area contributed by atoms with Gasteiger partial charge in [0.2, 0.25) is 0 Å². The molecular formula is C13H19ClN2O. The van der Waals surface area contributed by atoms with Crippen LogP contribution in [0.4, 0.5) is 0 Å². The summed E-state index contributed by atoms with van der Waals surface area (Å²) in [5.74, 6) is 0.780. The predicted molar refractivity (Wildman–Crippen MR) is 70.9 cm³/mol. The lowest BCUT2D eigenvalue weighted by atomic mass is 10.3. The van der Waals surface area contributed by atoms with E-state index in [2.05, 4.69) is 10.2 Å². The Kier molecular flexibility index (Phi) is 5.10. The lowest BCUT2D eigenvalue weighted by Gasteiger charge is -2.19. The van der Waals surface area contributed by atoms with Crippen LogP contribution in [0.15, 0.2) is 24.3 Å². The molecule has 3 nitrogen and oxygen atoms in total. The van der Waals surface area contributed by atoms with E-state index >= 15 is 0 Å². The van der Waals surface area contributed by atoms with E-state index in [-0.39, 0.29) is 0 Å². The van der Waals surface area contributed by atoms with Crippen molar-refractivity contribution in [2.24, 2.45) is 0 Å². The van der Waals surface area contributed by atoms with Crippen LogP contribution in [-0.4, -0.2) is 44.2 Å². The highest BCUT2D eigenvalue weighted by Gasteiger charge is 2.08. The zero-order valence-electron chi connectivity index (χ0n) is 9.99. The number of ether oxygens (including phenoxy) is 1. The topological polar surface area (TPSA) is 24.5 Å². The van der Waals surface area contributed by atoms with Crippen LogP contribution in [0.3, 0.4) is 0 Å². The predicted octanol–water partition coefficient (Wildman–Crippen LogP) is 2.01. The molecule has 4 heteroatoms. The molecule has 1 aliphatic rings. The van der Waals surface area contributed by atoms with Crippen LogP contribution in [0.2, 0.25) is 5.02 Å². The van der Waals surface area contributed by atoms with Gasteiger partial charge in [0.15, 0.2) is 0 Å². The molecular weight excluding hydrogens is 236 g/mol. The first-order valence-electron chi connectivity index (χ1n) is 6.16. The van der Waals surface area contributed by atoms with Gasteiger partial charge in [-0.05, 0) is 31.6 Å². The van der Waals surface area contributed by atoms with E-state index < -0.39 is 0 Å². The van der Waals surface area contributed by atoms with Crippen molar-refractivity contribution >= 4 is 11.6 Å².